The van der Waals surface area contributed by atoms with Crippen molar-refractivity contribution < 1.29 is 18.0 Å². The molecule has 0 fully saturated rings. The number of nitrogens with zero attached hydrogens (tertiary/aromatic N) is 5. The summed E-state index contributed by atoms with van der Waals surface area (Å²) >= 11 is 6.22. The molecule has 0 saturated carbocycles. The number of rotatable bonds is 5. The zero-order chi connectivity index (χ0) is 21.2. The minimum Gasteiger partial charge on any atom is -0.391 e. The second kappa shape index (κ2) is 8.08. The van der Waals surface area contributed by atoms with Crippen LogP contribution in [0.1, 0.15) is 23.6 Å². The van der Waals surface area contributed by atoms with Crippen molar-refractivity contribution in [3.63, 3.8) is 0 Å². The van der Waals surface area contributed by atoms with Gasteiger partial charge in [0.1, 0.15) is 6.61 Å². The number of alkyl halides is 3. The number of hydrogen-bond acceptors (Lipinski definition) is 5. The Balaban J connectivity index is 1.84. The van der Waals surface area contributed by atoms with Crippen molar-refractivity contribution in [2.24, 2.45) is 12.2 Å². The van der Waals surface area contributed by atoms with Crippen molar-refractivity contribution in [1.29, 1.82) is 0 Å². The number of oxime groups is 1. The largest absolute Gasteiger partial charge is 0.416 e. The summed E-state index contributed by atoms with van der Waals surface area (Å²) in [4.78, 5) is 17.4. The topological polar surface area (TPSA) is 74.3 Å². The SMILES string of the molecule is CC(=NOCc1c(Cl)cccc1-n1nnn(C)c1=O)c1cccc(C(F)(F)F)c1. The fourth-order valence-electron chi connectivity index (χ4n) is 2.52. The molecule has 3 aromatic rings. The Labute approximate surface area is 167 Å². The van der Waals surface area contributed by atoms with Crippen molar-refractivity contribution >= 4 is 17.3 Å². The highest BCUT2D eigenvalue weighted by atomic mass is 35.5. The standard InChI is InChI=1S/C18H15ClF3N5O2/c1-11(12-5-3-6-13(9-12)18(20,21)22)23-29-10-14-15(19)7-4-8-16(14)27-17(28)26(2)24-25-27/h3-9H,10H2,1-2H3. The second-order valence-electron chi connectivity index (χ2n) is 6.06. The Morgan fingerprint density at radius 2 is 1.93 bits per heavy atom. The zero-order valence-electron chi connectivity index (χ0n) is 15.3. The van der Waals surface area contributed by atoms with Gasteiger partial charge in [0.05, 0.1) is 17.0 Å². The van der Waals surface area contributed by atoms with E-state index in [0.29, 0.717) is 16.3 Å². The summed E-state index contributed by atoms with van der Waals surface area (Å²) in [5, 5.41) is 11.6. The maximum absolute atomic E-state index is 12.9. The van der Waals surface area contributed by atoms with E-state index in [4.69, 9.17) is 16.4 Å². The van der Waals surface area contributed by atoms with E-state index in [0.717, 1.165) is 21.5 Å². The first kappa shape index (κ1) is 20.6. The Bertz CT molecular complexity index is 1120. The number of hydrogen-bond donors (Lipinski definition) is 0. The van der Waals surface area contributed by atoms with Crippen LogP contribution in [-0.4, -0.2) is 25.5 Å². The molecular formula is C18H15ClF3N5O2. The number of benzene rings is 2. The molecule has 0 aliphatic heterocycles. The Kier molecular flexibility index (Phi) is 5.73. The normalized spacial score (nSPS) is 12.3. The zero-order valence-corrected chi connectivity index (χ0v) is 16.1. The van der Waals surface area contributed by atoms with Crippen molar-refractivity contribution in [2.75, 3.05) is 0 Å². The first-order chi connectivity index (χ1) is 13.7. The van der Waals surface area contributed by atoms with Crippen LogP contribution in [-0.2, 0) is 24.7 Å². The third kappa shape index (κ3) is 4.48. The fourth-order valence-corrected chi connectivity index (χ4v) is 2.74. The van der Waals surface area contributed by atoms with Gasteiger partial charge in [-0.3, -0.25) is 0 Å². The molecule has 152 valence electrons. The van der Waals surface area contributed by atoms with Crippen molar-refractivity contribution in [3.05, 3.63) is 74.7 Å². The third-order valence-electron chi connectivity index (χ3n) is 4.06. The second-order valence-corrected chi connectivity index (χ2v) is 6.47. The molecule has 0 radical (unpaired) electrons. The van der Waals surface area contributed by atoms with Gasteiger partial charge in [0.2, 0.25) is 0 Å². The predicted molar refractivity (Wildman–Crippen MR) is 100 cm³/mol. The number of aromatic nitrogens is 4. The molecule has 1 heterocycles. The Morgan fingerprint density at radius 1 is 1.21 bits per heavy atom. The number of halogens is 4. The first-order valence-electron chi connectivity index (χ1n) is 8.29. The smallest absolute Gasteiger partial charge is 0.391 e. The van der Waals surface area contributed by atoms with Crippen LogP contribution in [0.3, 0.4) is 0 Å². The Hall–Kier alpha value is -3.14. The highest BCUT2D eigenvalue weighted by molar-refractivity contribution is 6.31. The van der Waals surface area contributed by atoms with Gasteiger partial charge in [-0.05, 0) is 47.2 Å². The fraction of sp³-hybridized carbons (Fsp3) is 0.222. The molecule has 0 spiro atoms. The molecule has 0 aliphatic carbocycles. The molecule has 0 bridgehead atoms. The van der Waals surface area contributed by atoms with Gasteiger partial charge in [0.25, 0.3) is 0 Å². The molecule has 0 aliphatic rings. The van der Waals surface area contributed by atoms with Gasteiger partial charge in [-0.1, -0.05) is 35.0 Å². The van der Waals surface area contributed by atoms with Gasteiger partial charge in [0.15, 0.2) is 0 Å². The highest BCUT2D eigenvalue weighted by Gasteiger charge is 2.30. The number of tetrazole rings is 1. The minimum absolute atomic E-state index is 0.131. The van der Waals surface area contributed by atoms with E-state index in [2.05, 4.69) is 15.6 Å². The molecule has 2 aromatic carbocycles. The lowest BCUT2D eigenvalue weighted by Crippen LogP contribution is -2.23. The van der Waals surface area contributed by atoms with Gasteiger partial charge in [0, 0.05) is 17.6 Å². The van der Waals surface area contributed by atoms with Crippen molar-refractivity contribution in [3.8, 4) is 5.69 Å². The Morgan fingerprint density at radius 3 is 2.59 bits per heavy atom. The van der Waals surface area contributed by atoms with Crippen LogP contribution in [0.5, 0.6) is 0 Å². The van der Waals surface area contributed by atoms with Crippen LogP contribution < -0.4 is 5.69 Å². The van der Waals surface area contributed by atoms with Crippen LogP contribution >= 0.6 is 11.6 Å². The van der Waals surface area contributed by atoms with E-state index in [9.17, 15) is 18.0 Å². The molecular weight excluding hydrogens is 411 g/mol. The maximum Gasteiger partial charge on any atom is 0.416 e. The summed E-state index contributed by atoms with van der Waals surface area (Å²) in [7, 11) is 1.45. The van der Waals surface area contributed by atoms with Crippen LogP contribution in [0.2, 0.25) is 5.02 Å². The summed E-state index contributed by atoms with van der Waals surface area (Å²) in [5.41, 5.74) is 0.0581. The van der Waals surface area contributed by atoms with Crippen LogP contribution in [0.4, 0.5) is 13.2 Å². The first-order valence-corrected chi connectivity index (χ1v) is 8.67. The predicted octanol–water partition coefficient (Wildman–Crippen LogP) is 3.58. The van der Waals surface area contributed by atoms with Crippen LogP contribution in [0, 0.1) is 0 Å². The summed E-state index contributed by atoms with van der Waals surface area (Å²) in [6, 6.07) is 9.62. The molecule has 0 atom stereocenters. The summed E-state index contributed by atoms with van der Waals surface area (Å²) in [6.07, 6.45) is -4.45. The van der Waals surface area contributed by atoms with Gasteiger partial charge in [-0.15, -0.1) is 0 Å². The molecule has 3 rings (SSSR count). The molecule has 0 N–H and O–H groups in total. The van der Waals surface area contributed by atoms with E-state index in [-0.39, 0.29) is 17.9 Å². The van der Waals surface area contributed by atoms with E-state index < -0.39 is 17.4 Å². The van der Waals surface area contributed by atoms with Crippen molar-refractivity contribution in [2.45, 2.75) is 19.7 Å². The quantitative estimate of drug-likeness (QED) is 0.462. The summed E-state index contributed by atoms with van der Waals surface area (Å²) in [6.45, 7) is 1.39. The highest BCUT2D eigenvalue weighted by Crippen LogP contribution is 2.29. The lowest BCUT2D eigenvalue weighted by Gasteiger charge is -2.10. The molecule has 0 unspecified atom stereocenters. The molecule has 29 heavy (non-hydrogen) atoms. The van der Waals surface area contributed by atoms with E-state index in [1.807, 2.05) is 0 Å². The molecule has 7 nitrogen and oxygen atoms in total. The number of aryl methyl sites for hydroxylation is 1. The van der Waals surface area contributed by atoms with E-state index in [1.165, 1.54) is 26.1 Å². The minimum atomic E-state index is -4.45. The maximum atomic E-state index is 12.9. The lowest BCUT2D eigenvalue weighted by molar-refractivity contribution is -0.137. The van der Waals surface area contributed by atoms with Crippen LogP contribution in [0.15, 0.2) is 52.4 Å². The molecule has 11 heteroatoms. The lowest BCUT2D eigenvalue weighted by atomic mass is 10.1. The van der Waals surface area contributed by atoms with E-state index >= 15 is 0 Å². The van der Waals surface area contributed by atoms with Gasteiger partial charge < -0.3 is 4.84 Å². The van der Waals surface area contributed by atoms with Crippen LogP contribution in [0.25, 0.3) is 5.69 Å². The summed E-state index contributed by atoms with van der Waals surface area (Å²) < 4.78 is 40.7. The third-order valence-corrected chi connectivity index (χ3v) is 4.42. The average Bonchev–Trinajstić information content (AvgIpc) is 3.01. The molecule has 0 saturated heterocycles. The molecule has 1 aromatic heterocycles. The monoisotopic (exact) mass is 425 g/mol. The summed E-state index contributed by atoms with van der Waals surface area (Å²) in [5.74, 6) is 0. The van der Waals surface area contributed by atoms with E-state index in [1.54, 1.807) is 18.2 Å². The average molecular weight is 426 g/mol. The van der Waals surface area contributed by atoms with Gasteiger partial charge in [-0.2, -0.15) is 22.5 Å². The van der Waals surface area contributed by atoms with Crippen molar-refractivity contribution in [1.82, 2.24) is 19.8 Å². The molecule has 0 amide bonds. The van der Waals surface area contributed by atoms with Gasteiger partial charge in [-0.25, -0.2) is 4.79 Å². The van der Waals surface area contributed by atoms with Gasteiger partial charge >= 0.3 is 11.9 Å².